The van der Waals surface area contributed by atoms with Crippen LogP contribution >= 0.6 is 0 Å². The molecule has 0 aliphatic carbocycles. The van der Waals surface area contributed by atoms with Gasteiger partial charge in [-0.1, -0.05) is 11.6 Å². The number of urea groups is 1. The molecule has 0 aliphatic rings. The highest BCUT2D eigenvalue weighted by atomic mass is 19.1. The van der Waals surface area contributed by atoms with E-state index >= 15 is 0 Å². The Morgan fingerprint density at radius 1 is 1.40 bits per heavy atom. The average molecular weight is 208 g/mol. The van der Waals surface area contributed by atoms with E-state index in [-0.39, 0.29) is 11.8 Å². The van der Waals surface area contributed by atoms with Crippen molar-refractivity contribution < 1.29 is 9.18 Å². The molecular formula is C11H13FN2O. The smallest absolute Gasteiger partial charge is 0.314 e. The molecular weight excluding hydrogens is 195 g/mol. The molecule has 0 radical (unpaired) electrons. The number of hydrogen-bond acceptors (Lipinski definition) is 1. The molecule has 0 heterocycles. The molecule has 0 saturated heterocycles. The molecule has 1 aromatic carbocycles. The fourth-order valence-corrected chi connectivity index (χ4v) is 0.943. The number of benzene rings is 1. The number of carbonyl (C=O) groups excluding carboxylic acids is 1. The molecule has 2 N–H and O–H groups in total. The molecule has 80 valence electrons. The van der Waals surface area contributed by atoms with E-state index in [1.807, 2.05) is 13.8 Å². The van der Waals surface area contributed by atoms with Gasteiger partial charge in [-0.25, -0.2) is 9.18 Å². The number of amides is 2. The minimum absolute atomic E-state index is 0.380. The molecule has 0 fully saturated rings. The van der Waals surface area contributed by atoms with E-state index in [0.29, 0.717) is 5.69 Å². The Hall–Kier alpha value is -1.84. The lowest BCUT2D eigenvalue weighted by molar-refractivity contribution is 0.255. The van der Waals surface area contributed by atoms with Gasteiger partial charge in [-0.2, -0.15) is 0 Å². The largest absolute Gasteiger partial charge is 0.323 e. The zero-order valence-corrected chi connectivity index (χ0v) is 8.67. The molecule has 0 spiro atoms. The number of allylic oxidation sites excluding steroid dienone is 1. The van der Waals surface area contributed by atoms with Gasteiger partial charge < -0.3 is 10.6 Å². The highest BCUT2D eigenvalue weighted by Gasteiger charge is 1.99. The van der Waals surface area contributed by atoms with Crippen molar-refractivity contribution in [3.05, 3.63) is 41.9 Å². The standard InChI is InChI=1S/C11H13FN2O/c1-8(2)7-13-11(15)14-10-5-3-4-9(12)6-10/h3-7H,1-2H3,(H2,13,14,15). The maximum atomic E-state index is 12.7. The Morgan fingerprint density at radius 3 is 2.73 bits per heavy atom. The first kappa shape index (κ1) is 11.2. The van der Waals surface area contributed by atoms with Crippen LogP contribution in [0.25, 0.3) is 0 Å². The summed E-state index contributed by atoms with van der Waals surface area (Å²) in [6, 6.07) is 5.33. The second-order valence-corrected chi connectivity index (χ2v) is 3.33. The molecule has 3 nitrogen and oxygen atoms in total. The topological polar surface area (TPSA) is 41.1 Å². The van der Waals surface area contributed by atoms with Gasteiger partial charge in [0.05, 0.1) is 0 Å². The fraction of sp³-hybridized carbons (Fsp3) is 0.182. The summed E-state index contributed by atoms with van der Waals surface area (Å²) in [6.07, 6.45) is 1.58. The highest BCUT2D eigenvalue weighted by molar-refractivity contribution is 5.89. The first-order valence-electron chi connectivity index (χ1n) is 4.54. The van der Waals surface area contributed by atoms with Gasteiger partial charge in [-0.05, 0) is 32.0 Å². The van der Waals surface area contributed by atoms with Gasteiger partial charge in [0.25, 0.3) is 0 Å². The second-order valence-electron chi connectivity index (χ2n) is 3.33. The van der Waals surface area contributed by atoms with Crippen LogP contribution in [0.5, 0.6) is 0 Å². The number of carbonyl (C=O) groups is 1. The van der Waals surface area contributed by atoms with Crippen LogP contribution < -0.4 is 10.6 Å². The van der Waals surface area contributed by atoms with E-state index in [0.717, 1.165) is 5.57 Å². The SMILES string of the molecule is CC(C)=CNC(=O)Nc1cccc(F)c1. The lowest BCUT2D eigenvalue weighted by Gasteiger charge is -2.04. The van der Waals surface area contributed by atoms with Crippen molar-refractivity contribution in [1.82, 2.24) is 5.32 Å². The lowest BCUT2D eigenvalue weighted by atomic mass is 10.3. The van der Waals surface area contributed by atoms with Crippen molar-refractivity contribution in [2.24, 2.45) is 0 Å². The van der Waals surface area contributed by atoms with E-state index in [9.17, 15) is 9.18 Å². The van der Waals surface area contributed by atoms with Crippen LogP contribution in [0, 0.1) is 5.82 Å². The second kappa shape index (κ2) is 5.14. The third-order valence-electron chi connectivity index (χ3n) is 1.57. The molecule has 1 rings (SSSR count). The van der Waals surface area contributed by atoms with Crippen LogP contribution in [0.3, 0.4) is 0 Å². The zero-order valence-electron chi connectivity index (χ0n) is 8.67. The van der Waals surface area contributed by atoms with E-state index in [4.69, 9.17) is 0 Å². The monoisotopic (exact) mass is 208 g/mol. The van der Waals surface area contributed by atoms with E-state index in [1.54, 1.807) is 12.3 Å². The first-order valence-corrected chi connectivity index (χ1v) is 4.54. The molecule has 15 heavy (non-hydrogen) atoms. The molecule has 0 bridgehead atoms. The average Bonchev–Trinajstić information content (AvgIpc) is 2.15. The van der Waals surface area contributed by atoms with Crippen LogP contribution in [0.2, 0.25) is 0 Å². The molecule has 1 aromatic rings. The molecule has 0 atom stereocenters. The predicted molar refractivity (Wildman–Crippen MR) is 58.0 cm³/mol. The minimum atomic E-state index is -0.387. The number of nitrogens with one attached hydrogen (secondary N) is 2. The van der Waals surface area contributed by atoms with Crippen molar-refractivity contribution >= 4 is 11.7 Å². The van der Waals surface area contributed by atoms with Gasteiger partial charge in [0.1, 0.15) is 5.82 Å². The van der Waals surface area contributed by atoms with Crippen molar-refractivity contribution in [2.45, 2.75) is 13.8 Å². The minimum Gasteiger partial charge on any atom is -0.314 e. The summed E-state index contributed by atoms with van der Waals surface area (Å²) < 4.78 is 12.7. The lowest BCUT2D eigenvalue weighted by Crippen LogP contribution is -2.24. The Labute approximate surface area is 88.0 Å². The molecule has 4 heteroatoms. The van der Waals surface area contributed by atoms with Crippen LogP contribution in [0.4, 0.5) is 14.9 Å². The summed E-state index contributed by atoms with van der Waals surface area (Å²) in [5, 5.41) is 5.02. The summed E-state index contributed by atoms with van der Waals surface area (Å²) in [4.78, 5) is 11.2. The maximum absolute atomic E-state index is 12.7. The van der Waals surface area contributed by atoms with Gasteiger partial charge in [-0.3, -0.25) is 0 Å². The van der Waals surface area contributed by atoms with Gasteiger partial charge >= 0.3 is 6.03 Å². The third-order valence-corrected chi connectivity index (χ3v) is 1.57. The summed E-state index contributed by atoms with van der Waals surface area (Å²) in [5.74, 6) is -0.380. The molecule has 0 saturated carbocycles. The van der Waals surface area contributed by atoms with Crippen molar-refractivity contribution in [3.63, 3.8) is 0 Å². The Kier molecular flexibility index (Phi) is 3.85. The number of rotatable bonds is 2. The molecule has 0 unspecified atom stereocenters. The number of halogens is 1. The summed E-state index contributed by atoms with van der Waals surface area (Å²) in [7, 11) is 0. The zero-order chi connectivity index (χ0) is 11.3. The van der Waals surface area contributed by atoms with Gasteiger partial charge in [0.15, 0.2) is 0 Å². The van der Waals surface area contributed by atoms with Gasteiger partial charge in [0, 0.05) is 11.9 Å². The summed E-state index contributed by atoms with van der Waals surface area (Å²) >= 11 is 0. The van der Waals surface area contributed by atoms with Crippen LogP contribution in [0.1, 0.15) is 13.8 Å². The van der Waals surface area contributed by atoms with E-state index in [2.05, 4.69) is 10.6 Å². The number of anilines is 1. The maximum Gasteiger partial charge on any atom is 0.323 e. The first-order chi connectivity index (χ1) is 7.08. The van der Waals surface area contributed by atoms with Crippen LogP contribution in [-0.4, -0.2) is 6.03 Å². The molecule has 0 aromatic heterocycles. The Bertz CT molecular complexity index is 384. The van der Waals surface area contributed by atoms with Crippen molar-refractivity contribution in [3.8, 4) is 0 Å². The third kappa shape index (κ3) is 4.26. The van der Waals surface area contributed by atoms with Gasteiger partial charge in [-0.15, -0.1) is 0 Å². The summed E-state index contributed by atoms with van der Waals surface area (Å²) in [6.45, 7) is 3.73. The summed E-state index contributed by atoms with van der Waals surface area (Å²) in [5.41, 5.74) is 1.40. The highest BCUT2D eigenvalue weighted by Crippen LogP contribution is 2.08. The number of hydrogen-bond donors (Lipinski definition) is 2. The molecule has 2 amide bonds. The quantitative estimate of drug-likeness (QED) is 0.770. The predicted octanol–water partition coefficient (Wildman–Crippen LogP) is 2.87. The van der Waals surface area contributed by atoms with E-state index in [1.165, 1.54) is 18.2 Å². The van der Waals surface area contributed by atoms with E-state index < -0.39 is 0 Å². The van der Waals surface area contributed by atoms with Crippen LogP contribution in [0.15, 0.2) is 36.0 Å². The Morgan fingerprint density at radius 2 is 2.13 bits per heavy atom. The van der Waals surface area contributed by atoms with Crippen LogP contribution in [-0.2, 0) is 0 Å². The Balaban J connectivity index is 2.55. The van der Waals surface area contributed by atoms with Crippen molar-refractivity contribution in [2.75, 3.05) is 5.32 Å². The van der Waals surface area contributed by atoms with Gasteiger partial charge in [0.2, 0.25) is 0 Å². The fourth-order valence-electron chi connectivity index (χ4n) is 0.943. The molecule has 0 aliphatic heterocycles. The van der Waals surface area contributed by atoms with Crippen molar-refractivity contribution in [1.29, 1.82) is 0 Å². The normalized spacial score (nSPS) is 9.27.